The number of hydrogen-bond donors (Lipinski definition) is 1. The van der Waals surface area contributed by atoms with Crippen LogP contribution in [-0.2, 0) is 9.53 Å². The molecule has 3 nitrogen and oxygen atoms in total. The van der Waals surface area contributed by atoms with E-state index in [-0.39, 0.29) is 6.10 Å². The minimum Gasteiger partial charge on any atom is -0.481 e. The molecule has 1 saturated carbocycles. The number of rotatable bonds is 3. The fraction of sp³-hybridized carbons (Fsp3) is 0.929. The molecule has 1 aliphatic carbocycles. The van der Waals surface area contributed by atoms with Gasteiger partial charge in [-0.3, -0.25) is 4.79 Å². The highest BCUT2D eigenvalue weighted by Crippen LogP contribution is 2.48. The average Bonchev–Trinajstić information content (AvgIpc) is 2.74. The number of carbonyl (C=O) groups is 1. The summed E-state index contributed by atoms with van der Waals surface area (Å²) >= 11 is 0. The van der Waals surface area contributed by atoms with Crippen LogP contribution in [0.3, 0.4) is 0 Å². The van der Waals surface area contributed by atoms with Crippen molar-refractivity contribution >= 4 is 5.97 Å². The minimum absolute atomic E-state index is 0.187. The van der Waals surface area contributed by atoms with Crippen LogP contribution in [0, 0.1) is 10.8 Å². The number of hydrogen-bond acceptors (Lipinski definition) is 2. The van der Waals surface area contributed by atoms with Crippen molar-refractivity contribution in [1.29, 1.82) is 0 Å². The fourth-order valence-electron chi connectivity index (χ4n) is 3.15. The molecule has 1 unspecified atom stereocenters. The molecule has 0 bridgehead atoms. The van der Waals surface area contributed by atoms with E-state index in [2.05, 4.69) is 13.8 Å². The molecule has 0 aromatic rings. The van der Waals surface area contributed by atoms with Crippen LogP contribution in [0.15, 0.2) is 0 Å². The smallest absolute Gasteiger partial charge is 0.309 e. The van der Waals surface area contributed by atoms with Gasteiger partial charge in [-0.15, -0.1) is 0 Å². The Hall–Kier alpha value is -0.570. The van der Waals surface area contributed by atoms with E-state index >= 15 is 0 Å². The Labute approximate surface area is 104 Å². The minimum atomic E-state index is -0.608. The van der Waals surface area contributed by atoms with Crippen molar-refractivity contribution in [1.82, 2.24) is 0 Å². The molecule has 17 heavy (non-hydrogen) atoms. The topological polar surface area (TPSA) is 46.5 Å². The quantitative estimate of drug-likeness (QED) is 0.823. The standard InChI is InChI=1S/C14H24O3/c1-13(2)5-7-14(8-6-13,12(15)16)10-11-4-3-9-17-11/h11H,3-10H2,1-2H3,(H,15,16). The van der Waals surface area contributed by atoms with Crippen LogP contribution in [-0.4, -0.2) is 23.8 Å². The van der Waals surface area contributed by atoms with E-state index in [4.69, 9.17) is 4.74 Å². The summed E-state index contributed by atoms with van der Waals surface area (Å²) in [7, 11) is 0. The molecule has 0 radical (unpaired) electrons. The average molecular weight is 240 g/mol. The second kappa shape index (κ2) is 4.60. The molecule has 1 atom stereocenters. The molecule has 0 aromatic carbocycles. The summed E-state index contributed by atoms with van der Waals surface area (Å²) in [6.45, 7) is 5.29. The third-order valence-corrected chi connectivity index (χ3v) is 4.66. The van der Waals surface area contributed by atoms with Crippen molar-refractivity contribution in [3.8, 4) is 0 Å². The summed E-state index contributed by atoms with van der Waals surface area (Å²) < 4.78 is 5.62. The lowest BCUT2D eigenvalue weighted by molar-refractivity contribution is -0.155. The van der Waals surface area contributed by atoms with E-state index in [0.717, 1.165) is 51.6 Å². The van der Waals surface area contributed by atoms with Crippen molar-refractivity contribution in [3.63, 3.8) is 0 Å². The lowest BCUT2D eigenvalue weighted by atomic mass is 9.63. The molecule has 1 heterocycles. The highest BCUT2D eigenvalue weighted by atomic mass is 16.5. The SMILES string of the molecule is CC1(C)CCC(CC2CCCO2)(C(=O)O)CC1. The largest absolute Gasteiger partial charge is 0.481 e. The van der Waals surface area contributed by atoms with Crippen molar-refractivity contribution in [3.05, 3.63) is 0 Å². The molecule has 2 fully saturated rings. The Morgan fingerprint density at radius 3 is 2.41 bits per heavy atom. The third-order valence-electron chi connectivity index (χ3n) is 4.66. The molecule has 3 heteroatoms. The first kappa shape index (κ1) is 12.9. The van der Waals surface area contributed by atoms with Gasteiger partial charge in [0.05, 0.1) is 11.5 Å². The molecular weight excluding hydrogens is 216 g/mol. The number of carboxylic acids is 1. The lowest BCUT2D eigenvalue weighted by Gasteiger charge is -2.41. The summed E-state index contributed by atoms with van der Waals surface area (Å²) in [6, 6.07) is 0. The van der Waals surface area contributed by atoms with Crippen LogP contribution in [0.2, 0.25) is 0 Å². The number of carboxylic acid groups (broad SMARTS) is 1. The number of ether oxygens (including phenoxy) is 1. The van der Waals surface area contributed by atoms with Gasteiger partial charge in [-0.05, 0) is 50.4 Å². The molecule has 0 spiro atoms. The Balaban J connectivity index is 2.03. The zero-order valence-electron chi connectivity index (χ0n) is 11.0. The summed E-state index contributed by atoms with van der Waals surface area (Å²) in [5.74, 6) is -0.608. The highest BCUT2D eigenvalue weighted by molar-refractivity contribution is 5.74. The van der Waals surface area contributed by atoms with Crippen molar-refractivity contribution < 1.29 is 14.6 Å². The van der Waals surface area contributed by atoms with Gasteiger partial charge in [0.25, 0.3) is 0 Å². The van der Waals surface area contributed by atoms with E-state index in [1.165, 1.54) is 0 Å². The summed E-state index contributed by atoms with van der Waals surface area (Å²) in [6.07, 6.45) is 6.71. The summed E-state index contributed by atoms with van der Waals surface area (Å²) in [5.41, 5.74) is -0.194. The summed E-state index contributed by atoms with van der Waals surface area (Å²) in [5, 5.41) is 9.56. The van der Waals surface area contributed by atoms with Gasteiger partial charge in [-0.1, -0.05) is 13.8 Å². The molecule has 98 valence electrons. The van der Waals surface area contributed by atoms with E-state index in [0.29, 0.717) is 5.41 Å². The van der Waals surface area contributed by atoms with Crippen molar-refractivity contribution in [2.75, 3.05) is 6.61 Å². The van der Waals surface area contributed by atoms with Gasteiger partial charge in [0, 0.05) is 6.61 Å². The van der Waals surface area contributed by atoms with E-state index in [9.17, 15) is 9.90 Å². The molecule has 1 saturated heterocycles. The van der Waals surface area contributed by atoms with Gasteiger partial charge in [-0.2, -0.15) is 0 Å². The van der Waals surface area contributed by atoms with Gasteiger partial charge in [0.15, 0.2) is 0 Å². The Kier molecular flexibility index (Phi) is 3.48. The molecule has 1 aliphatic heterocycles. The zero-order valence-corrected chi connectivity index (χ0v) is 11.0. The molecule has 2 aliphatic rings. The molecule has 0 aromatic heterocycles. The van der Waals surface area contributed by atoms with Gasteiger partial charge < -0.3 is 9.84 Å². The number of aliphatic carboxylic acids is 1. The molecule has 0 amide bonds. The maximum Gasteiger partial charge on any atom is 0.309 e. The van der Waals surface area contributed by atoms with Crippen molar-refractivity contribution in [2.45, 2.75) is 64.9 Å². The highest BCUT2D eigenvalue weighted by Gasteiger charge is 2.45. The fourth-order valence-corrected chi connectivity index (χ4v) is 3.15. The van der Waals surface area contributed by atoms with Crippen LogP contribution in [0.5, 0.6) is 0 Å². The zero-order chi connectivity index (χ0) is 12.5. The Morgan fingerprint density at radius 2 is 1.94 bits per heavy atom. The van der Waals surface area contributed by atoms with Gasteiger partial charge >= 0.3 is 5.97 Å². The predicted octanol–water partition coefficient (Wildman–Crippen LogP) is 3.23. The first-order valence-corrected chi connectivity index (χ1v) is 6.79. The van der Waals surface area contributed by atoms with E-state index in [1.807, 2.05) is 0 Å². The molecular formula is C14H24O3. The van der Waals surface area contributed by atoms with Crippen LogP contribution in [0.4, 0.5) is 0 Å². The van der Waals surface area contributed by atoms with Crippen LogP contribution >= 0.6 is 0 Å². The van der Waals surface area contributed by atoms with Gasteiger partial charge in [0.1, 0.15) is 0 Å². The van der Waals surface area contributed by atoms with Crippen LogP contribution in [0.1, 0.15) is 58.8 Å². The Morgan fingerprint density at radius 1 is 1.29 bits per heavy atom. The monoisotopic (exact) mass is 240 g/mol. The maximum absolute atomic E-state index is 11.6. The van der Waals surface area contributed by atoms with Crippen LogP contribution in [0.25, 0.3) is 0 Å². The summed E-state index contributed by atoms with van der Waals surface area (Å²) in [4.78, 5) is 11.6. The van der Waals surface area contributed by atoms with Gasteiger partial charge in [0.2, 0.25) is 0 Å². The second-order valence-electron chi connectivity index (χ2n) is 6.59. The predicted molar refractivity (Wildman–Crippen MR) is 65.9 cm³/mol. The Bertz CT molecular complexity index is 280. The molecule has 2 rings (SSSR count). The lowest BCUT2D eigenvalue weighted by Crippen LogP contribution is -2.40. The normalized spacial score (nSPS) is 31.3. The second-order valence-corrected chi connectivity index (χ2v) is 6.59. The maximum atomic E-state index is 11.6. The van der Waals surface area contributed by atoms with Crippen molar-refractivity contribution in [2.24, 2.45) is 10.8 Å². The first-order valence-electron chi connectivity index (χ1n) is 6.79. The third kappa shape index (κ3) is 2.82. The van der Waals surface area contributed by atoms with Gasteiger partial charge in [-0.25, -0.2) is 0 Å². The molecule has 1 N–H and O–H groups in total. The van der Waals surface area contributed by atoms with E-state index in [1.54, 1.807) is 0 Å². The first-order chi connectivity index (χ1) is 7.94. The van der Waals surface area contributed by atoms with Crippen LogP contribution < -0.4 is 0 Å². The van der Waals surface area contributed by atoms with E-state index < -0.39 is 11.4 Å².